The quantitative estimate of drug-likeness (QED) is 0.463. The van der Waals surface area contributed by atoms with E-state index in [1.165, 1.54) is 0 Å². The van der Waals surface area contributed by atoms with Crippen LogP contribution in [-0.2, 0) is 4.79 Å². The predicted molar refractivity (Wildman–Crippen MR) is 39.4 cm³/mol. The summed E-state index contributed by atoms with van der Waals surface area (Å²) in [6.45, 7) is 3.44. The van der Waals surface area contributed by atoms with Gasteiger partial charge in [-0.05, 0) is 19.3 Å². The Kier molecular flexibility index (Phi) is 4.61. The normalized spacial score (nSPS) is 11.5. The second kappa shape index (κ2) is 5.01. The lowest BCUT2D eigenvalue weighted by Gasteiger charge is -2.00. The van der Waals surface area contributed by atoms with Gasteiger partial charge in [-0.1, -0.05) is 12.8 Å². The fraction of sp³-hybridized carbons (Fsp3) is 0.625. The molecular weight excluding hydrogens is 128 g/mol. The second-order valence-electron chi connectivity index (χ2n) is 2.06. The van der Waals surface area contributed by atoms with Crippen LogP contribution < -0.4 is 0 Å². The molecular formula is C8H12O2. The monoisotopic (exact) mass is 140 g/mol. The van der Waals surface area contributed by atoms with E-state index < -0.39 is 6.10 Å². The van der Waals surface area contributed by atoms with E-state index in [2.05, 4.69) is 11.8 Å². The van der Waals surface area contributed by atoms with Crippen molar-refractivity contribution in [2.75, 3.05) is 0 Å². The molecule has 0 aliphatic carbocycles. The van der Waals surface area contributed by atoms with Crippen molar-refractivity contribution in [3.05, 3.63) is 0 Å². The van der Waals surface area contributed by atoms with Crippen molar-refractivity contribution in [2.45, 2.75) is 32.8 Å². The topological polar surface area (TPSA) is 37.3 Å². The Bertz CT molecular complexity index is 162. The SMILES string of the molecule is CC#CC(=O)CC(O)CC. The Morgan fingerprint density at radius 2 is 2.30 bits per heavy atom. The molecule has 2 nitrogen and oxygen atoms in total. The maximum Gasteiger partial charge on any atom is 0.208 e. The Morgan fingerprint density at radius 3 is 2.70 bits per heavy atom. The van der Waals surface area contributed by atoms with Crippen molar-refractivity contribution >= 4 is 5.78 Å². The number of carbonyl (C=O) groups excluding carboxylic acids is 1. The first-order valence-corrected chi connectivity index (χ1v) is 3.34. The van der Waals surface area contributed by atoms with Crippen LogP contribution in [-0.4, -0.2) is 17.0 Å². The molecule has 0 bridgehead atoms. The maximum absolute atomic E-state index is 10.7. The largest absolute Gasteiger partial charge is 0.393 e. The van der Waals surface area contributed by atoms with Gasteiger partial charge >= 0.3 is 0 Å². The highest BCUT2D eigenvalue weighted by Gasteiger charge is 2.04. The van der Waals surface area contributed by atoms with E-state index in [4.69, 9.17) is 5.11 Å². The molecule has 0 saturated heterocycles. The third-order valence-corrected chi connectivity index (χ3v) is 1.16. The molecule has 1 atom stereocenters. The van der Waals surface area contributed by atoms with E-state index in [0.717, 1.165) is 0 Å². The van der Waals surface area contributed by atoms with Crippen molar-refractivity contribution in [3.8, 4) is 11.8 Å². The molecule has 0 amide bonds. The van der Waals surface area contributed by atoms with Crippen LogP contribution in [0.2, 0.25) is 0 Å². The molecule has 1 N–H and O–H groups in total. The highest BCUT2D eigenvalue weighted by atomic mass is 16.3. The highest BCUT2D eigenvalue weighted by Crippen LogP contribution is 1.96. The number of Topliss-reactive ketones (excluding diaryl/α,β-unsaturated/α-hetero) is 1. The molecule has 0 radical (unpaired) electrons. The van der Waals surface area contributed by atoms with Gasteiger partial charge in [0, 0.05) is 6.42 Å². The van der Waals surface area contributed by atoms with Crippen molar-refractivity contribution in [1.29, 1.82) is 0 Å². The van der Waals surface area contributed by atoms with Crippen LogP contribution in [0.5, 0.6) is 0 Å². The van der Waals surface area contributed by atoms with Gasteiger partial charge in [-0.25, -0.2) is 0 Å². The van der Waals surface area contributed by atoms with Gasteiger partial charge in [0.05, 0.1) is 6.10 Å². The van der Waals surface area contributed by atoms with Crippen molar-refractivity contribution in [2.24, 2.45) is 0 Å². The van der Waals surface area contributed by atoms with Gasteiger partial charge in [0.2, 0.25) is 5.78 Å². The Balaban J connectivity index is 3.64. The minimum absolute atomic E-state index is 0.164. The highest BCUT2D eigenvalue weighted by molar-refractivity contribution is 5.95. The zero-order valence-corrected chi connectivity index (χ0v) is 6.35. The van der Waals surface area contributed by atoms with Gasteiger partial charge in [-0.15, -0.1) is 0 Å². The molecule has 0 aromatic heterocycles. The molecule has 0 aliphatic heterocycles. The third kappa shape index (κ3) is 4.11. The Labute approximate surface area is 61.2 Å². The average molecular weight is 140 g/mol. The number of hydrogen-bond acceptors (Lipinski definition) is 2. The predicted octanol–water partition coefficient (Wildman–Crippen LogP) is 0.740. The fourth-order valence-corrected chi connectivity index (χ4v) is 0.549. The molecule has 0 aromatic rings. The number of carbonyl (C=O) groups is 1. The lowest BCUT2D eigenvalue weighted by molar-refractivity contribution is -0.115. The van der Waals surface area contributed by atoms with Gasteiger partial charge in [0.15, 0.2) is 0 Å². The van der Waals surface area contributed by atoms with Crippen LogP contribution in [0.4, 0.5) is 0 Å². The molecule has 56 valence electrons. The van der Waals surface area contributed by atoms with Crippen molar-refractivity contribution in [1.82, 2.24) is 0 Å². The van der Waals surface area contributed by atoms with Crippen LogP contribution in [0.3, 0.4) is 0 Å². The van der Waals surface area contributed by atoms with E-state index in [1.54, 1.807) is 6.92 Å². The average Bonchev–Trinajstić information content (AvgIpc) is 1.88. The molecule has 0 spiro atoms. The van der Waals surface area contributed by atoms with E-state index >= 15 is 0 Å². The summed E-state index contributed by atoms with van der Waals surface area (Å²) in [5.41, 5.74) is 0. The first kappa shape index (κ1) is 9.19. The summed E-state index contributed by atoms with van der Waals surface area (Å²) in [4.78, 5) is 10.7. The van der Waals surface area contributed by atoms with E-state index in [0.29, 0.717) is 6.42 Å². The summed E-state index contributed by atoms with van der Waals surface area (Å²) < 4.78 is 0. The maximum atomic E-state index is 10.7. The Hall–Kier alpha value is -0.810. The molecule has 0 saturated carbocycles. The lowest BCUT2D eigenvalue weighted by Crippen LogP contribution is -2.10. The minimum atomic E-state index is -0.520. The summed E-state index contributed by atoms with van der Waals surface area (Å²) in [5.74, 6) is 4.66. The number of hydrogen-bond donors (Lipinski definition) is 1. The summed E-state index contributed by atoms with van der Waals surface area (Å²) >= 11 is 0. The summed E-state index contributed by atoms with van der Waals surface area (Å²) in [7, 11) is 0. The van der Waals surface area contributed by atoms with Crippen LogP contribution in [0.1, 0.15) is 26.7 Å². The summed E-state index contributed by atoms with van der Waals surface area (Å²) in [6.07, 6.45) is 0.252. The molecule has 2 heteroatoms. The fourth-order valence-electron chi connectivity index (χ4n) is 0.549. The number of aliphatic hydroxyl groups excluding tert-OH is 1. The van der Waals surface area contributed by atoms with Crippen molar-refractivity contribution < 1.29 is 9.90 Å². The molecule has 0 fully saturated rings. The first-order chi connectivity index (χ1) is 4.70. The second-order valence-corrected chi connectivity index (χ2v) is 2.06. The zero-order valence-electron chi connectivity index (χ0n) is 6.35. The number of rotatable bonds is 3. The van der Waals surface area contributed by atoms with Crippen LogP contribution in [0, 0.1) is 11.8 Å². The van der Waals surface area contributed by atoms with Crippen LogP contribution in [0.15, 0.2) is 0 Å². The number of ketones is 1. The third-order valence-electron chi connectivity index (χ3n) is 1.16. The summed E-state index contributed by atoms with van der Waals surface area (Å²) in [6, 6.07) is 0. The Morgan fingerprint density at radius 1 is 1.70 bits per heavy atom. The van der Waals surface area contributed by atoms with Crippen molar-refractivity contribution in [3.63, 3.8) is 0 Å². The summed E-state index contributed by atoms with van der Waals surface area (Å²) in [5, 5.41) is 8.97. The van der Waals surface area contributed by atoms with Gasteiger partial charge in [0.1, 0.15) is 0 Å². The zero-order chi connectivity index (χ0) is 7.98. The molecule has 10 heavy (non-hydrogen) atoms. The van der Waals surface area contributed by atoms with E-state index in [9.17, 15) is 4.79 Å². The first-order valence-electron chi connectivity index (χ1n) is 3.34. The van der Waals surface area contributed by atoms with E-state index in [1.807, 2.05) is 6.92 Å². The van der Waals surface area contributed by atoms with Gasteiger partial charge in [-0.3, -0.25) is 4.79 Å². The molecule has 0 rings (SSSR count). The molecule has 0 aromatic carbocycles. The van der Waals surface area contributed by atoms with Gasteiger partial charge in [0.25, 0.3) is 0 Å². The van der Waals surface area contributed by atoms with E-state index in [-0.39, 0.29) is 12.2 Å². The van der Waals surface area contributed by atoms with Crippen LogP contribution >= 0.6 is 0 Å². The molecule has 0 aliphatic rings. The minimum Gasteiger partial charge on any atom is -0.393 e. The molecule has 0 heterocycles. The molecule has 1 unspecified atom stereocenters. The standard InChI is InChI=1S/C8H12O2/c1-3-5-8(10)6-7(9)4-2/h7,9H,4,6H2,1-2H3. The van der Waals surface area contributed by atoms with Gasteiger partial charge < -0.3 is 5.11 Å². The number of aliphatic hydroxyl groups is 1. The van der Waals surface area contributed by atoms with Gasteiger partial charge in [-0.2, -0.15) is 0 Å². The lowest BCUT2D eigenvalue weighted by atomic mass is 10.1. The smallest absolute Gasteiger partial charge is 0.208 e. The van der Waals surface area contributed by atoms with Crippen LogP contribution in [0.25, 0.3) is 0 Å².